The number of carboxylic acid groups (broad SMARTS) is 1. The van der Waals surface area contributed by atoms with Gasteiger partial charge in [-0.3, -0.25) is 9.59 Å². The number of carboxylic acids is 1. The number of benzene rings is 1. The maximum absolute atomic E-state index is 13.6. The van der Waals surface area contributed by atoms with Crippen LogP contribution in [0, 0.1) is 46.3 Å². The van der Waals surface area contributed by atoms with E-state index in [9.17, 15) is 29.7 Å². The van der Waals surface area contributed by atoms with Crippen molar-refractivity contribution in [3.05, 3.63) is 29.8 Å². The van der Waals surface area contributed by atoms with Crippen LogP contribution in [0.2, 0.25) is 0 Å². The largest absolute Gasteiger partial charge is 0.508 e. The van der Waals surface area contributed by atoms with Gasteiger partial charge in [-0.25, -0.2) is 4.79 Å². The van der Waals surface area contributed by atoms with E-state index in [1.54, 1.807) is 12.1 Å². The number of amides is 1. The van der Waals surface area contributed by atoms with Crippen molar-refractivity contribution in [2.75, 3.05) is 0 Å². The molecule has 0 aliphatic heterocycles. The highest BCUT2D eigenvalue weighted by molar-refractivity contribution is 5.84. The summed E-state index contributed by atoms with van der Waals surface area (Å²) in [6, 6.07) is 5.35. The van der Waals surface area contributed by atoms with Gasteiger partial charge < -0.3 is 20.6 Å². The van der Waals surface area contributed by atoms with Gasteiger partial charge >= 0.3 is 5.97 Å². The minimum Gasteiger partial charge on any atom is -0.508 e. The summed E-state index contributed by atoms with van der Waals surface area (Å²) >= 11 is 0. The summed E-state index contributed by atoms with van der Waals surface area (Å²) in [6.07, 6.45) is 8.50. The molecule has 4 N–H and O–H groups in total. The lowest BCUT2D eigenvalue weighted by atomic mass is 9.44. The molecule has 0 heterocycles. The summed E-state index contributed by atoms with van der Waals surface area (Å²) < 4.78 is 0. The topological polar surface area (TPSA) is 124 Å². The fraction of sp³-hybridized carbons (Fsp3) is 0.727. The summed E-state index contributed by atoms with van der Waals surface area (Å²) in [5.74, 6) is 1.25. The monoisotopic (exact) mass is 553 g/mol. The molecule has 0 unspecified atom stereocenters. The number of aliphatic carboxylic acids is 1. The predicted octanol–water partition coefficient (Wildman–Crippen LogP) is 5.12. The summed E-state index contributed by atoms with van der Waals surface area (Å²) in [4.78, 5) is 38.3. The normalized spacial score (nSPS) is 38.5. The van der Waals surface area contributed by atoms with E-state index in [0.29, 0.717) is 48.2 Å². The molecule has 0 saturated heterocycles. The van der Waals surface area contributed by atoms with Crippen molar-refractivity contribution in [1.29, 1.82) is 0 Å². The van der Waals surface area contributed by atoms with Crippen molar-refractivity contribution < 1.29 is 29.7 Å². The number of ketones is 1. The molecule has 4 aliphatic rings. The molecule has 7 nitrogen and oxygen atoms in total. The molecule has 220 valence electrons. The molecular formula is C33H47NO6. The number of fused-ring (bicyclic) bond motifs is 5. The van der Waals surface area contributed by atoms with E-state index in [1.165, 1.54) is 12.1 Å². The number of carbonyl (C=O) groups is 3. The van der Waals surface area contributed by atoms with E-state index in [2.05, 4.69) is 26.1 Å². The lowest BCUT2D eigenvalue weighted by molar-refractivity contribution is -0.160. The van der Waals surface area contributed by atoms with E-state index in [-0.39, 0.29) is 47.4 Å². The Morgan fingerprint density at radius 2 is 1.70 bits per heavy atom. The number of aliphatic hydroxyl groups excluding tert-OH is 1. The Bertz CT molecular complexity index is 1120. The third-order valence-electron chi connectivity index (χ3n) is 12.0. The maximum atomic E-state index is 13.6. The van der Waals surface area contributed by atoms with Crippen molar-refractivity contribution in [2.24, 2.45) is 46.3 Å². The first kappa shape index (κ1) is 29.1. The van der Waals surface area contributed by atoms with Gasteiger partial charge in [0, 0.05) is 25.2 Å². The Morgan fingerprint density at radius 3 is 2.40 bits per heavy atom. The van der Waals surface area contributed by atoms with E-state index in [4.69, 9.17) is 0 Å². The van der Waals surface area contributed by atoms with Crippen molar-refractivity contribution in [2.45, 2.75) is 104 Å². The molecule has 7 heteroatoms. The number of hydrogen-bond acceptors (Lipinski definition) is 5. The molecule has 10 atom stereocenters. The second kappa shape index (κ2) is 11.1. The SMILES string of the molecule is C[C@H](CCC(=O)N[C@@H](Cc1ccc(O)cc1)C(=O)O)[C@H]1CC[C@H]2[C@@H]3C(=O)C[C@@H]4C[C@H](O)CC[C@]4(C)[C@H]3CC[C@]12C. The fourth-order valence-corrected chi connectivity index (χ4v) is 9.78. The highest BCUT2D eigenvalue weighted by atomic mass is 16.4. The van der Waals surface area contributed by atoms with E-state index < -0.39 is 12.0 Å². The lowest BCUT2D eigenvalue weighted by Crippen LogP contribution is -2.57. The standard InChI is InChI=1S/C33H47NO6/c1-19(4-11-29(38)34-27(31(39)40)16-20-5-7-22(35)8-6-20)24-9-10-25-30-26(13-15-33(24,25)3)32(2)14-12-23(36)17-21(32)18-28(30)37/h5-8,19,21,23-27,30,35-36H,4,9-18H2,1-3H3,(H,34,38)(H,39,40)/t19-,21+,23-,24-,25+,26+,27+,30+,32+,33-/m1/s1. The Morgan fingerprint density at radius 1 is 1.02 bits per heavy atom. The maximum Gasteiger partial charge on any atom is 0.326 e. The van der Waals surface area contributed by atoms with Crippen LogP contribution in [-0.4, -0.2) is 45.1 Å². The number of Topliss-reactive ketones (excluding diaryl/α,β-unsaturated/α-hetero) is 1. The van der Waals surface area contributed by atoms with Crippen LogP contribution in [0.3, 0.4) is 0 Å². The zero-order valence-corrected chi connectivity index (χ0v) is 24.3. The van der Waals surface area contributed by atoms with Gasteiger partial charge in [-0.05, 0) is 109 Å². The van der Waals surface area contributed by atoms with Crippen LogP contribution in [0.4, 0.5) is 0 Å². The smallest absolute Gasteiger partial charge is 0.326 e. The molecule has 0 spiro atoms. The van der Waals surface area contributed by atoms with Crippen molar-refractivity contribution in [3.63, 3.8) is 0 Å². The average Bonchev–Trinajstić information content (AvgIpc) is 3.26. The molecule has 1 aromatic rings. The van der Waals surface area contributed by atoms with Crippen LogP contribution in [0.25, 0.3) is 0 Å². The molecule has 1 aromatic carbocycles. The first-order valence-electron chi connectivity index (χ1n) is 15.4. The lowest BCUT2D eigenvalue weighted by Gasteiger charge is -2.60. The van der Waals surface area contributed by atoms with Gasteiger partial charge in [-0.15, -0.1) is 0 Å². The van der Waals surface area contributed by atoms with Crippen LogP contribution < -0.4 is 5.32 Å². The minimum atomic E-state index is -1.07. The molecule has 5 rings (SSSR count). The fourth-order valence-electron chi connectivity index (χ4n) is 9.78. The third-order valence-corrected chi connectivity index (χ3v) is 12.0. The molecule has 4 fully saturated rings. The molecule has 0 bridgehead atoms. The van der Waals surface area contributed by atoms with E-state index >= 15 is 0 Å². The van der Waals surface area contributed by atoms with Gasteiger partial charge in [0.25, 0.3) is 0 Å². The first-order valence-corrected chi connectivity index (χ1v) is 15.4. The van der Waals surface area contributed by atoms with Gasteiger partial charge in [0.15, 0.2) is 0 Å². The molecular weight excluding hydrogens is 506 g/mol. The van der Waals surface area contributed by atoms with Crippen LogP contribution >= 0.6 is 0 Å². The Balaban J connectivity index is 1.20. The van der Waals surface area contributed by atoms with Crippen LogP contribution in [-0.2, 0) is 20.8 Å². The van der Waals surface area contributed by atoms with Gasteiger partial charge in [-0.1, -0.05) is 32.9 Å². The molecule has 0 radical (unpaired) electrons. The second-order valence-corrected chi connectivity index (χ2v) is 14.1. The third kappa shape index (κ3) is 5.31. The molecule has 40 heavy (non-hydrogen) atoms. The number of carbonyl (C=O) groups excluding carboxylic acids is 2. The number of phenols is 1. The van der Waals surface area contributed by atoms with Gasteiger partial charge in [0.05, 0.1) is 6.10 Å². The molecule has 4 aliphatic carbocycles. The van der Waals surface area contributed by atoms with Crippen molar-refractivity contribution in [1.82, 2.24) is 5.32 Å². The number of rotatable bonds is 8. The summed E-state index contributed by atoms with van der Waals surface area (Å²) in [5.41, 5.74) is 0.982. The Kier molecular flexibility index (Phi) is 8.08. The molecule has 0 aromatic heterocycles. The zero-order valence-electron chi connectivity index (χ0n) is 24.3. The summed E-state index contributed by atoms with van der Waals surface area (Å²) in [7, 11) is 0. The predicted molar refractivity (Wildman–Crippen MR) is 151 cm³/mol. The van der Waals surface area contributed by atoms with Crippen molar-refractivity contribution >= 4 is 17.7 Å². The van der Waals surface area contributed by atoms with Gasteiger partial charge in [0.1, 0.15) is 17.6 Å². The van der Waals surface area contributed by atoms with E-state index in [0.717, 1.165) is 50.5 Å². The van der Waals surface area contributed by atoms with Crippen LogP contribution in [0.5, 0.6) is 5.75 Å². The van der Waals surface area contributed by atoms with Gasteiger partial charge in [-0.2, -0.15) is 0 Å². The number of nitrogens with one attached hydrogen (secondary N) is 1. The average molecular weight is 554 g/mol. The quantitative estimate of drug-likeness (QED) is 0.354. The van der Waals surface area contributed by atoms with Crippen LogP contribution in [0.15, 0.2) is 24.3 Å². The summed E-state index contributed by atoms with van der Waals surface area (Å²) in [5, 5.41) is 32.1. The summed E-state index contributed by atoms with van der Waals surface area (Å²) in [6.45, 7) is 7.02. The van der Waals surface area contributed by atoms with E-state index in [1.807, 2.05) is 0 Å². The highest BCUT2D eigenvalue weighted by Gasteiger charge is 2.63. The number of aromatic hydroxyl groups is 1. The number of hydrogen-bond donors (Lipinski definition) is 4. The number of phenolic OH excluding ortho intramolecular Hbond substituents is 1. The highest BCUT2D eigenvalue weighted by Crippen LogP contribution is 2.67. The Labute approximate surface area is 238 Å². The van der Waals surface area contributed by atoms with Crippen molar-refractivity contribution in [3.8, 4) is 5.75 Å². The zero-order chi connectivity index (χ0) is 28.8. The molecule has 4 saturated carbocycles. The van der Waals surface area contributed by atoms with Crippen LogP contribution in [0.1, 0.15) is 90.5 Å². The molecule has 1 amide bonds. The first-order chi connectivity index (χ1) is 18.9. The van der Waals surface area contributed by atoms with Gasteiger partial charge in [0.2, 0.25) is 5.91 Å². The second-order valence-electron chi connectivity index (χ2n) is 14.1. The Hall–Kier alpha value is -2.41. The minimum absolute atomic E-state index is 0.0898. The number of aliphatic hydroxyl groups is 1.